The summed E-state index contributed by atoms with van der Waals surface area (Å²) in [5.41, 5.74) is 4.85. The Hall–Kier alpha value is -2.16. The van der Waals surface area contributed by atoms with E-state index in [0.29, 0.717) is 12.1 Å². The lowest BCUT2D eigenvalue weighted by atomic mass is 10.1. The van der Waals surface area contributed by atoms with Gasteiger partial charge in [-0.25, -0.2) is 0 Å². The van der Waals surface area contributed by atoms with Gasteiger partial charge < -0.3 is 5.32 Å². The van der Waals surface area contributed by atoms with Crippen molar-refractivity contribution in [1.29, 1.82) is 0 Å². The van der Waals surface area contributed by atoms with E-state index in [1.54, 1.807) is 12.3 Å². The number of hydrogen-bond acceptors (Lipinski definition) is 2. The van der Waals surface area contributed by atoms with Gasteiger partial charge in [0.25, 0.3) is 5.91 Å². The predicted molar refractivity (Wildman–Crippen MR) is 76.1 cm³/mol. The van der Waals surface area contributed by atoms with Crippen LogP contribution in [0.4, 0.5) is 0 Å². The molecule has 0 bridgehead atoms. The zero-order chi connectivity index (χ0) is 13.8. The van der Waals surface area contributed by atoms with Gasteiger partial charge in [0.1, 0.15) is 0 Å². The first-order valence-corrected chi connectivity index (χ1v) is 6.34. The molecule has 1 N–H and O–H groups in total. The quantitative estimate of drug-likeness (QED) is 0.915. The van der Waals surface area contributed by atoms with Crippen LogP contribution in [-0.4, -0.2) is 10.9 Å². The standard InChI is InChI=1S/C16H18N2O/c1-11-6-4-5-7-14(11)10-18-16(19)15-8-9-17-13(3)12(15)2/h4-9H,10H2,1-3H3,(H,18,19). The molecule has 0 saturated carbocycles. The molecule has 0 saturated heterocycles. The molecule has 1 heterocycles. The summed E-state index contributed by atoms with van der Waals surface area (Å²) in [5.74, 6) is -0.0498. The van der Waals surface area contributed by atoms with Gasteiger partial charge in [0.05, 0.1) is 0 Å². The monoisotopic (exact) mass is 254 g/mol. The molecule has 0 aliphatic rings. The van der Waals surface area contributed by atoms with Crippen LogP contribution in [0.15, 0.2) is 36.5 Å². The SMILES string of the molecule is Cc1ccccc1CNC(=O)c1ccnc(C)c1C. The molecule has 1 aromatic carbocycles. The van der Waals surface area contributed by atoms with E-state index in [2.05, 4.69) is 10.3 Å². The first kappa shape index (κ1) is 13.3. The van der Waals surface area contributed by atoms with Gasteiger partial charge in [-0.2, -0.15) is 0 Å². The van der Waals surface area contributed by atoms with Crippen LogP contribution < -0.4 is 5.32 Å². The number of pyridine rings is 1. The minimum atomic E-state index is -0.0498. The van der Waals surface area contributed by atoms with Crippen molar-refractivity contribution in [3.63, 3.8) is 0 Å². The van der Waals surface area contributed by atoms with Crippen LogP contribution in [-0.2, 0) is 6.54 Å². The van der Waals surface area contributed by atoms with Crippen molar-refractivity contribution >= 4 is 5.91 Å². The molecule has 3 heteroatoms. The Bertz CT molecular complexity index is 605. The van der Waals surface area contributed by atoms with Gasteiger partial charge in [-0.3, -0.25) is 9.78 Å². The Labute approximate surface area is 113 Å². The summed E-state index contributed by atoms with van der Waals surface area (Å²) >= 11 is 0. The molecule has 0 aliphatic carbocycles. The molecule has 2 rings (SSSR count). The zero-order valence-corrected chi connectivity index (χ0v) is 11.5. The summed E-state index contributed by atoms with van der Waals surface area (Å²) in [5, 5.41) is 2.96. The predicted octanol–water partition coefficient (Wildman–Crippen LogP) is 2.94. The third-order valence-corrected chi connectivity index (χ3v) is 3.40. The molecular weight excluding hydrogens is 236 g/mol. The Kier molecular flexibility index (Phi) is 3.95. The fourth-order valence-electron chi connectivity index (χ4n) is 1.97. The molecule has 0 aliphatic heterocycles. The lowest BCUT2D eigenvalue weighted by Gasteiger charge is -2.10. The first-order chi connectivity index (χ1) is 9.09. The molecule has 1 aromatic heterocycles. The van der Waals surface area contributed by atoms with Crippen LogP contribution in [0.25, 0.3) is 0 Å². The minimum Gasteiger partial charge on any atom is -0.348 e. The highest BCUT2D eigenvalue weighted by molar-refractivity contribution is 5.95. The summed E-state index contributed by atoms with van der Waals surface area (Å²) < 4.78 is 0. The first-order valence-electron chi connectivity index (χ1n) is 6.34. The van der Waals surface area contributed by atoms with Crippen LogP contribution in [0.5, 0.6) is 0 Å². The van der Waals surface area contributed by atoms with Crippen molar-refractivity contribution in [1.82, 2.24) is 10.3 Å². The van der Waals surface area contributed by atoms with Gasteiger partial charge in [-0.15, -0.1) is 0 Å². The second-order valence-corrected chi connectivity index (χ2v) is 4.68. The van der Waals surface area contributed by atoms with Crippen molar-refractivity contribution in [2.24, 2.45) is 0 Å². The maximum atomic E-state index is 12.2. The maximum absolute atomic E-state index is 12.2. The number of hydrogen-bond donors (Lipinski definition) is 1. The highest BCUT2D eigenvalue weighted by Crippen LogP contribution is 2.11. The Balaban J connectivity index is 2.10. The molecule has 19 heavy (non-hydrogen) atoms. The second kappa shape index (κ2) is 5.65. The normalized spacial score (nSPS) is 10.3. The third-order valence-electron chi connectivity index (χ3n) is 3.40. The molecule has 0 fully saturated rings. The number of aryl methyl sites for hydroxylation is 2. The molecule has 3 nitrogen and oxygen atoms in total. The molecule has 0 spiro atoms. The second-order valence-electron chi connectivity index (χ2n) is 4.68. The Morgan fingerprint density at radius 2 is 1.89 bits per heavy atom. The highest BCUT2D eigenvalue weighted by Gasteiger charge is 2.10. The topological polar surface area (TPSA) is 42.0 Å². The van der Waals surface area contributed by atoms with Crippen LogP contribution in [0.2, 0.25) is 0 Å². The van der Waals surface area contributed by atoms with E-state index in [-0.39, 0.29) is 5.91 Å². The maximum Gasteiger partial charge on any atom is 0.251 e. The number of nitrogens with zero attached hydrogens (tertiary/aromatic N) is 1. The fourth-order valence-corrected chi connectivity index (χ4v) is 1.97. The molecule has 1 amide bonds. The summed E-state index contributed by atoms with van der Waals surface area (Å²) in [6.45, 7) is 6.42. The number of nitrogens with one attached hydrogen (secondary N) is 1. The van der Waals surface area contributed by atoms with Gasteiger partial charge in [0.15, 0.2) is 0 Å². The van der Waals surface area contributed by atoms with E-state index in [9.17, 15) is 4.79 Å². The van der Waals surface area contributed by atoms with Crippen LogP contribution in [0.3, 0.4) is 0 Å². The van der Waals surface area contributed by atoms with E-state index in [4.69, 9.17) is 0 Å². The molecule has 98 valence electrons. The molecule has 0 radical (unpaired) electrons. The zero-order valence-electron chi connectivity index (χ0n) is 11.5. The Morgan fingerprint density at radius 3 is 2.63 bits per heavy atom. The van der Waals surface area contributed by atoms with E-state index in [1.807, 2.05) is 45.0 Å². The summed E-state index contributed by atoms with van der Waals surface area (Å²) in [6, 6.07) is 9.81. The number of carbonyl (C=O) groups excluding carboxylic acids is 1. The molecule has 0 unspecified atom stereocenters. The largest absolute Gasteiger partial charge is 0.348 e. The summed E-state index contributed by atoms with van der Waals surface area (Å²) in [6.07, 6.45) is 1.67. The van der Waals surface area contributed by atoms with E-state index in [1.165, 1.54) is 5.56 Å². The van der Waals surface area contributed by atoms with Gasteiger partial charge in [-0.05, 0) is 43.5 Å². The lowest BCUT2D eigenvalue weighted by Crippen LogP contribution is -2.24. The Morgan fingerprint density at radius 1 is 1.16 bits per heavy atom. The van der Waals surface area contributed by atoms with Crippen molar-refractivity contribution in [3.05, 3.63) is 64.5 Å². The van der Waals surface area contributed by atoms with Crippen LogP contribution in [0.1, 0.15) is 32.7 Å². The van der Waals surface area contributed by atoms with Gasteiger partial charge in [-0.1, -0.05) is 24.3 Å². The average molecular weight is 254 g/mol. The number of rotatable bonds is 3. The number of benzene rings is 1. The summed E-state index contributed by atoms with van der Waals surface area (Å²) in [4.78, 5) is 16.3. The molecule has 2 aromatic rings. The van der Waals surface area contributed by atoms with Crippen molar-refractivity contribution in [3.8, 4) is 0 Å². The average Bonchev–Trinajstić information content (AvgIpc) is 2.40. The number of aromatic nitrogens is 1. The van der Waals surface area contributed by atoms with Gasteiger partial charge >= 0.3 is 0 Å². The number of carbonyl (C=O) groups is 1. The molecular formula is C16H18N2O. The molecule has 0 atom stereocenters. The van der Waals surface area contributed by atoms with Crippen LogP contribution >= 0.6 is 0 Å². The van der Waals surface area contributed by atoms with Gasteiger partial charge in [0.2, 0.25) is 0 Å². The number of amides is 1. The van der Waals surface area contributed by atoms with E-state index >= 15 is 0 Å². The fraction of sp³-hybridized carbons (Fsp3) is 0.250. The minimum absolute atomic E-state index is 0.0498. The smallest absolute Gasteiger partial charge is 0.251 e. The highest BCUT2D eigenvalue weighted by atomic mass is 16.1. The van der Waals surface area contributed by atoms with Crippen molar-refractivity contribution < 1.29 is 4.79 Å². The van der Waals surface area contributed by atoms with E-state index < -0.39 is 0 Å². The van der Waals surface area contributed by atoms with Crippen molar-refractivity contribution in [2.45, 2.75) is 27.3 Å². The van der Waals surface area contributed by atoms with Crippen molar-refractivity contribution in [2.75, 3.05) is 0 Å². The third kappa shape index (κ3) is 2.99. The summed E-state index contributed by atoms with van der Waals surface area (Å²) in [7, 11) is 0. The lowest BCUT2D eigenvalue weighted by molar-refractivity contribution is 0.0950. The van der Waals surface area contributed by atoms with Gasteiger partial charge in [0, 0.05) is 24.0 Å². The van der Waals surface area contributed by atoms with Crippen LogP contribution in [0, 0.1) is 20.8 Å². The van der Waals surface area contributed by atoms with E-state index in [0.717, 1.165) is 16.8 Å².